The molecule has 3 N–H and O–H groups in total. The smallest absolute Gasteiger partial charge is 0.259 e. The molecule has 11 heteroatoms. The summed E-state index contributed by atoms with van der Waals surface area (Å²) in [5, 5.41) is 8.53. The van der Waals surface area contributed by atoms with E-state index in [1.165, 1.54) is 38.8 Å². The minimum absolute atomic E-state index is 0.00996. The second-order valence-corrected chi connectivity index (χ2v) is 7.61. The lowest BCUT2D eigenvalue weighted by molar-refractivity contribution is -0.111. The van der Waals surface area contributed by atoms with Crippen LogP contribution in [0.15, 0.2) is 49.3 Å². The zero-order chi connectivity index (χ0) is 24.8. The van der Waals surface area contributed by atoms with E-state index in [-0.39, 0.29) is 39.0 Å². The van der Waals surface area contributed by atoms with Crippen LogP contribution in [-0.2, 0) is 4.79 Å². The quantitative estimate of drug-likeness (QED) is 0.362. The summed E-state index contributed by atoms with van der Waals surface area (Å²) in [4.78, 5) is 33.1. The van der Waals surface area contributed by atoms with Crippen LogP contribution in [-0.4, -0.2) is 36.0 Å². The maximum atomic E-state index is 12.9. The summed E-state index contributed by atoms with van der Waals surface area (Å²) >= 11 is 12.6. The van der Waals surface area contributed by atoms with Gasteiger partial charge in [0.05, 0.1) is 59.3 Å². The predicted octanol–water partition coefficient (Wildman–Crippen LogP) is 5.23. The number of methoxy groups -OCH3 is 2. The minimum atomic E-state index is -0.593. The Morgan fingerprint density at radius 1 is 1.03 bits per heavy atom. The average molecular weight is 502 g/mol. The Bertz CT molecular complexity index is 1220. The van der Waals surface area contributed by atoms with Crippen LogP contribution in [0, 0.1) is 6.92 Å². The monoisotopic (exact) mass is 501 g/mol. The first-order valence-corrected chi connectivity index (χ1v) is 10.6. The summed E-state index contributed by atoms with van der Waals surface area (Å²) in [5.74, 6) is -0.215. The molecule has 3 aromatic rings. The topological polar surface area (TPSA) is 114 Å². The molecule has 9 nitrogen and oxygen atoms in total. The number of benzene rings is 2. The van der Waals surface area contributed by atoms with Crippen molar-refractivity contribution in [3.05, 3.63) is 70.5 Å². The Labute approximate surface area is 206 Å². The maximum Gasteiger partial charge on any atom is 0.259 e. The van der Waals surface area contributed by atoms with Crippen molar-refractivity contribution in [1.82, 2.24) is 9.97 Å². The fraction of sp³-hybridized carbons (Fsp3) is 0.130. The largest absolute Gasteiger partial charge is 0.495 e. The molecule has 2 aromatic carbocycles. The summed E-state index contributed by atoms with van der Waals surface area (Å²) in [6.45, 7) is 5.33. The van der Waals surface area contributed by atoms with Crippen molar-refractivity contribution in [2.24, 2.45) is 0 Å². The summed E-state index contributed by atoms with van der Waals surface area (Å²) in [6.07, 6.45) is 4.00. The Balaban J connectivity index is 1.82. The highest BCUT2D eigenvalue weighted by molar-refractivity contribution is 6.42. The van der Waals surface area contributed by atoms with Crippen molar-refractivity contribution >= 4 is 58.0 Å². The van der Waals surface area contributed by atoms with Crippen molar-refractivity contribution in [1.29, 1.82) is 0 Å². The first-order chi connectivity index (χ1) is 16.3. The number of nitrogens with zero attached hydrogens (tertiary/aromatic N) is 2. The Kier molecular flexibility index (Phi) is 7.93. The predicted molar refractivity (Wildman–Crippen MR) is 133 cm³/mol. The molecule has 0 spiro atoms. The van der Waals surface area contributed by atoms with Gasteiger partial charge < -0.3 is 25.4 Å². The molecule has 0 atom stereocenters. The Morgan fingerprint density at radius 2 is 1.65 bits per heavy atom. The van der Waals surface area contributed by atoms with E-state index in [1.807, 2.05) is 19.1 Å². The summed E-state index contributed by atoms with van der Waals surface area (Å²) < 4.78 is 10.4. The molecular formula is C23H21Cl2N5O4. The number of nitrogens with one attached hydrogen (secondary N) is 3. The Morgan fingerprint density at radius 3 is 2.21 bits per heavy atom. The molecule has 1 heterocycles. The number of hydrogen-bond donors (Lipinski definition) is 3. The van der Waals surface area contributed by atoms with E-state index < -0.39 is 5.91 Å². The zero-order valence-corrected chi connectivity index (χ0v) is 20.0. The lowest BCUT2D eigenvalue weighted by atomic mass is 10.1. The molecular weight excluding hydrogens is 481 g/mol. The number of hydrogen-bond acceptors (Lipinski definition) is 7. The molecule has 0 aliphatic heterocycles. The summed E-state index contributed by atoms with van der Waals surface area (Å²) in [7, 11) is 2.83. The number of aryl methyl sites for hydroxylation is 1. The van der Waals surface area contributed by atoms with Crippen LogP contribution in [0.5, 0.6) is 11.5 Å². The summed E-state index contributed by atoms with van der Waals surface area (Å²) in [6, 6.07) is 6.91. The van der Waals surface area contributed by atoms with Gasteiger partial charge in [0, 0.05) is 6.07 Å². The first-order valence-electron chi connectivity index (χ1n) is 9.82. The highest BCUT2D eigenvalue weighted by Gasteiger charge is 2.23. The number of rotatable bonds is 8. The normalized spacial score (nSPS) is 10.3. The van der Waals surface area contributed by atoms with Crippen LogP contribution in [0.2, 0.25) is 10.0 Å². The lowest BCUT2D eigenvalue weighted by Crippen LogP contribution is -2.15. The SMILES string of the molecule is C=CC(=O)Nc1cccc(C)c1Nc1ncc(NC(=O)c2c(Cl)c(OC)cc(OC)c2Cl)cn1. The molecule has 0 unspecified atom stereocenters. The summed E-state index contributed by atoms with van der Waals surface area (Å²) in [5.41, 5.74) is 2.32. The standard InChI is InChI=1S/C23H21Cl2N5O4/c1-5-17(31)29-14-8-6-7-12(2)21(14)30-23-26-10-13(11-27-23)28-22(32)18-19(24)15(33-3)9-16(34-4)20(18)25/h5-11H,1H2,2-4H3,(H,28,32)(H,29,31)(H,26,27,30). The van der Waals surface area contributed by atoms with Crippen LogP contribution in [0.25, 0.3) is 0 Å². The zero-order valence-electron chi connectivity index (χ0n) is 18.5. The molecule has 0 aliphatic carbocycles. The van der Waals surface area contributed by atoms with Crippen LogP contribution in [0.1, 0.15) is 15.9 Å². The molecule has 0 saturated carbocycles. The Hall–Kier alpha value is -3.82. The number of halogens is 2. The third-order valence-corrected chi connectivity index (χ3v) is 5.41. The van der Waals surface area contributed by atoms with Gasteiger partial charge in [0.25, 0.3) is 5.91 Å². The van der Waals surface area contributed by atoms with Crippen LogP contribution in [0.3, 0.4) is 0 Å². The third kappa shape index (κ3) is 5.38. The molecule has 34 heavy (non-hydrogen) atoms. The fourth-order valence-electron chi connectivity index (χ4n) is 2.97. The van der Waals surface area contributed by atoms with E-state index in [9.17, 15) is 9.59 Å². The second kappa shape index (κ2) is 10.9. The van der Waals surface area contributed by atoms with E-state index in [4.69, 9.17) is 32.7 Å². The van der Waals surface area contributed by atoms with Gasteiger partial charge in [-0.15, -0.1) is 0 Å². The van der Waals surface area contributed by atoms with Gasteiger partial charge in [-0.25, -0.2) is 9.97 Å². The van der Waals surface area contributed by atoms with Gasteiger partial charge in [0.15, 0.2) is 0 Å². The highest BCUT2D eigenvalue weighted by Crippen LogP contribution is 2.40. The molecule has 0 aliphatic rings. The maximum absolute atomic E-state index is 12.9. The van der Waals surface area contributed by atoms with Gasteiger partial charge >= 0.3 is 0 Å². The number of carbonyl (C=O) groups excluding carboxylic acids is 2. The van der Waals surface area contributed by atoms with Gasteiger partial charge in [0.1, 0.15) is 11.5 Å². The third-order valence-electron chi connectivity index (χ3n) is 4.66. The van der Waals surface area contributed by atoms with E-state index in [2.05, 4.69) is 32.5 Å². The van der Waals surface area contributed by atoms with E-state index in [0.29, 0.717) is 17.1 Å². The second-order valence-electron chi connectivity index (χ2n) is 6.85. The first kappa shape index (κ1) is 24.8. The van der Waals surface area contributed by atoms with Gasteiger partial charge in [0.2, 0.25) is 11.9 Å². The van der Waals surface area contributed by atoms with Crippen molar-refractivity contribution in [2.45, 2.75) is 6.92 Å². The van der Waals surface area contributed by atoms with Gasteiger partial charge in [-0.3, -0.25) is 9.59 Å². The van der Waals surface area contributed by atoms with Gasteiger partial charge in [-0.1, -0.05) is 41.9 Å². The van der Waals surface area contributed by atoms with Crippen molar-refractivity contribution < 1.29 is 19.1 Å². The molecule has 3 rings (SSSR count). The highest BCUT2D eigenvalue weighted by atomic mass is 35.5. The minimum Gasteiger partial charge on any atom is -0.495 e. The molecule has 0 saturated heterocycles. The number of amides is 2. The van der Waals surface area contributed by atoms with Crippen molar-refractivity contribution in [3.8, 4) is 11.5 Å². The van der Waals surface area contributed by atoms with Crippen molar-refractivity contribution in [3.63, 3.8) is 0 Å². The van der Waals surface area contributed by atoms with Crippen LogP contribution >= 0.6 is 23.2 Å². The fourth-order valence-corrected chi connectivity index (χ4v) is 3.64. The number of anilines is 4. The molecule has 0 fully saturated rings. The van der Waals surface area contributed by atoms with E-state index in [0.717, 1.165) is 5.56 Å². The van der Waals surface area contributed by atoms with E-state index >= 15 is 0 Å². The molecule has 2 amide bonds. The van der Waals surface area contributed by atoms with E-state index in [1.54, 1.807) is 6.07 Å². The number of para-hydroxylation sites is 1. The van der Waals surface area contributed by atoms with Gasteiger partial charge in [-0.2, -0.15) is 0 Å². The average Bonchev–Trinajstić information content (AvgIpc) is 2.82. The number of aromatic nitrogens is 2. The number of carbonyl (C=O) groups is 2. The molecule has 176 valence electrons. The molecule has 0 radical (unpaired) electrons. The lowest BCUT2D eigenvalue weighted by Gasteiger charge is -2.15. The van der Waals surface area contributed by atoms with Crippen LogP contribution < -0.4 is 25.4 Å². The molecule has 1 aromatic heterocycles. The van der Waals surface area contributed by atoms with Gasteiger partial charge in [-0.05, 0) is 24.6 Å². The van der Waals surface area contributed by atoms with Crippen molar-refractivity contribution in [2.75, 3.05) is 30.2 Å². The molecule has 0 bridgehead atoms. The van der Waals surface area contributed by atoms with Crippen LogP contribution in [0.4, 0.5) is 23.0 Å². The number of ether oxygens (including phenoxy) is 2.